The van der Waals surface area contributed by atoms with Gasteiger partial charge in [-0.1, -0.05) is 39.0 Å². The summed E-state index contributed by atoms with van der Waals surface area (Å²) in [5.74, 6) is 0.481. The van der Waals surface area contributed by atoms with Crippen LogP contribution in [0.5, 0.6) is 0 Å². The van der Waals surface area contributed by atoms with Crippen LogP contribution >= 0.6 is 0 Å². The molecule has 1 rings (SSSR count). The van der Waals surface area contributed by atoms with Gasteiger partial charge in [0, 0.05) is 11.6 Å². The molecule has 1 aromatic carbocycles. The number of nitrogens with two attached hydrogens (primary N) is 1. The van der Waals surface area contributed by atoms with E-state index in [0.29, 0.717) is 11.5 Å². The van der Waals surface area contributed by atoms with Gasteiger partial charge in [0.15, 0.2) is 0 Å². The Morgan fingerprint density at radius 1 is 1.26 bits per heavy atom. The van der Waals surface area contributed by atoms with Crippen molar-refractivity contribution in [2.45, 2.75) is 45.7 Å². The fraction of sp³-hybridized carbons (Fsp3) is 0.625. The Kier molecular flexibility index (Phi) is 6.46. The molecule has 0 aromatic heterocycles. The lowest BCUT2D eigenvalue weighted by Crippen LogP contribution is -2.40. The van der Waals surface area contributed by atoms with Crippen LogP contribution < -0.4 is 5.73 Å². The third-order valence-corrected chi connectivity index (χ3v) is 3.63. The summed E-state index contributed by atoms with van der Waals surface area (Å²) in [6, 6.07) is 6.87. The average molecular weight is 266 g/mol. The van der Waals surface area contributed by atoms with Gasteiger partial charge in [0.25, 0.3) is 0 Å². The van der Waals surface area contributed by atoms with Crippen molar-refractivity contribution in [1.82, 2.24) is 4.90 Å². The molecule has 0 aliphatic carbocycles. The minimum absolute atomic E-state index is 0.0472. The predicted molar refractivity (Wildman–Crippen MR) is 79.5 cm³/mol. The van der Waals surface area contributed by atoms with E-state index in [-0.39, 0.29) is 17.9 Å². The molecular formula is C16H27FN2. The number of nitrogens with zero attached hydrogens (tertiary/aromatic N) is 1. The van der Waals surface area contributed by atoms with Crippen LogP contribution in [-0.4, -0.2) is 24.5 Å². The summed E-state index contributed by atoms with van der Waals surface area (Å²) in [5, 5.41) is 0. The van der Waals surface area contributed by atoms with Crippen molar-refractivity contribution in [2.75, 3.05) is 13.6 Å². The average Bonchev–Trinajstić information content (AvgIpc) is 2.38. The quantitative estimate of drug-likeness (QED) is 0.817. The smallest absolute Gasteiger partial charge is 0.128 e. The Labute approximate surface area is 116 Å². The lowest BCUT2D eigenvalue weighted by atomic mass is 9.95. The minimum atomic E-state index is -0.159. The van der Waals surface area contributed by atoms with Gasteiger partial charge in [0.05, 0.1) is 6.04 Å². The standard InChI is InChI=1S/C16H27FN2/c1-5-15(18)16(19(4)11-10-12(2)3)13-8-6-7-9-14(13)17/h6-9,12,15-16H,5,10-11,18H2,1-4H3. The number of halogens is 1. The zero-order valence-electron chi connectivity index (χ0n) is 12.6. The maximum Gasteiger partial charge on any atom is 0.128 e. The molecule has 0 bridgehead atoms. The fourth-order valence-electron chi connectivity index (χ4n) is 2.33. The molecule has 108 valence electrons. The van der Waals surface area contributed by atoms with Crippen LogP contribution in [0.25, 0.3) is 0 Å². The molecule has 2 N–H and O–H groups in total. The largest absolute Gasteiger partial charge is 0.326 e. The van der Waals surface area contributed by atoms with Crippen LogP contribution in [0, 0.1) is 11.7 Å². The molecule has 0 radical (unpaired) electrons. The van der Waals surface area contributed by atoms with E-state index in [1.807, 2.05) is 19.2 Å². The monoisotopic (exact) mass is 266 g/mol. The van der Waals surface area contributed by atoms with Crippen LogP contribution in [0.2, 0.25) is 0 Å². The zero-order chi connectivity index (χ0) is 14.4. The molecule has 0 saturated carbocycles. The second-order valence-corrected chi connectivity index (χ2v) is 5.70. The first-order chi connectivity index (χ1) is 8.97. The Hall–Kier alpha value is -0.930. The number of likely N-dealkylation sites (N-methyl/N-ethyl adjacent to an activating group) is 1. The van der Waals surface area contributed by atoms with Gasteiger partial charge in [0.1, 0.15) is 5.82 Å². The van der Waals surface area contributed by atoms with Gasteiger partial charge in [-0.3, -0.25) is 4.90 Å². The van der Waals surface area contributed by atoms with E-state index in [2.05, 4.69) is 25.7 Å². The molecule has 2 unspecified atom stereocenters. The van der Waals surface area contributed by atoms with Gasteiger partial charge in [-0.05, 0) is 38.4 Å². The molecule has 3 heteroatoms. The van der Waals surface area contributed by atoms with E-state index in [4.69, 9.17) is 5.73 Å². The Bertz CT molecular complexity index is 379. The van der Waals surface area contributed by atoms with Crippen molar-refractivity contribution in [2.24, 2.45) is 11.7 Å². The van der Waals surface area contributed by atoms with E-state index in [9.17, 15) is 4.39 Å². The summed E-state index contributed by atoms with van der Waals surface area (Å²) in [5.41, 5.74) is 6.93. The molecular weight excluding hydrogens is 239 g/mol. The van der Waals surface area contributed by atoms with Gasteiger partial charge < -0.3 is 5.73 Å². The first-order valence-corrected chi connectivity index (χ1v) is 7.17. The van der Waals surface area contributed by atoms with Crippen molar-refractivity contribution < 1.29 is 4.39 Å². The van der Waals surface area contributed by atoms with Crippen LogP contribution in [-0.2, 0) is 0 Å². The number of hydrogen-bond acceptors (Lipinski definition) is 2. The normalized spacial score (nSPS) is 14.9. The molecule has 1 aromatic rings. The molecule has 2 nitrogen and oxygen atoms in total. The number of rotatable bonds is 7. The van der Waals surface area contributed by atoms with E-state index in [1.54, 1.807) is 6.07 Å². The van der Waals surface area contributed by atoms with Gasteiger partial charge in [-0.25, -0.2) is 4.39 Å². The summed E-state index contributed by atoms with van der Waals surface area (Å²) in [6.07, 6.45) is 1.93. The third-order valence-electron chi connectivity index (χ3n) is 3.63. The molecule has 0 aliphatic heterocycles. The van der Waals surface area contributed by atoms with Gasteiger partial charge >= 0.3 is 0 Å². The highest BCUT2D eigenvalue weighted by Gasteiger charge is 2.25. The Morgan fingerprint density at radius 2 is 1.89 bits per heavy atom. The molecule has 0 spiro atoms. The van der Waals surface area contributed by atoms with Crippen LogP contribution in [0.1, 0.15) is 45.2 Å². The van der Waals surface area contributed by atoms with E-state index >= 15 is 0 Å². The van der Waals surface area contributed by atoms with Crippen LogP contribution in [0.3, 0.4) is 0 Å². The van der Waals surface area contributed by atoms with E-state index in [0.717, 1.165) is 19.4 Å². The Balaban J connectivity index is 2.92. The lowest BCUT2D eigenvalue weighted by Gasteiger charge is -2.33. The molecule has 0 fully saturated rings. The van der Waals surface area contributed by atoms with Gasteiger partial charge in [-0.2, -0.15) is 0 Å². The summed E-state index contributed by atoms with van der Waals surface area (Å²) in [6.45, 7) is 7.39. The molecule has 0 heterocycles. The lowest BCUT2D eigenvalue weighted by molar-refractivity contribution is 0.195. The van der Waals surface area contributed by atoms with Crippen molar-refractivity contribution in [3.63, 3.8) is 0 Å². The topological polar surface area (TPSA) is 29.3 Å². The molecule has 0 amide bonds. The van der Waals surface area contributed by atoms with Crippen molar-refractivity contribution in [3.8, 4) is 0 Å². The van der Waals surface area contributed by atoms with E-state index < -0.39 is 0 Å². The first-order valence-electron chi connectivity index (χ1n) is 7.17. The van der Waals surface area contributed by atoms with E-state index in [1.165, 1.54) is 6.07 Å². The summed E-state index contributed by atoms with van der Waals surface area (Å²) < 4.78 is 14.0. The highest BCUT2D eigenvalue weighted by Crippen LogP contribution is 2.26. The maximum absolute atomic E-state index is 14.0. The molecule has 2 atom stereocenters. The second-order valence-electron chi connectivity index (χ2n) is 5.70. The molecule has 0 aliphatic rings. The van der Waals surface area contributed by atoms with Crippen LogP contribution in [0.15, 0.2) is 24.3 Å². The van der Waals surface area contributed by atoms with Crippen molar-refractivity contribution in [1.29, 1.82) is 0 Å². The molecule has 0 saturated heterocycles. The van der Waals surface area contributed by atoms with Gasteiger partial charge in [0.2, 0.25) is 0 Å². The molecule has 19 heavy (non-hydrogen) atoms. The van der Waals surface area contributed by atoms with Crippen molar-refractivity contribution in [3.05, 3.63) is 35.6 Å². The summed E-state index contributed by atoms with van der Waals surface area (Å²) >= 11 is 0. The predicted octanol–water partition coefficient (Wildman–Crippen LogP) is 3.58. The SMILES string of the molecule is CCC(N)C(c1ccccc1F)N(C)CCC(C)C. The summed E-state index contributed by atoms with van der Waals surface area (Å²) in [7, 11) is 2.04. The second kappa shape index (κ2) is 7.61. The van der Waals surface area contributed by atoms with Crippen molar-refractivity contribution >= 4 is 0 Å². The van der Waals surface area contributed by atoms with Gasteiger partial charge in [-0.15, -0.1) is 0 Å². The third kappa shape index (κ3) is 4.59. The van der Waals surface area contributed by atoms with Crippen LogP contribution in [0.4, 0.5) is 4.39 Å². The number of hydrogen-bond donors (Lipinski definition) is 1. The number of benzene rings is 1. The highest BCUT2D eigenvalue weighted by atomic mass is 19.1. The fourth-order valence-corrected chi connectivity index (χ4v) is 2.33. The highest BCUT2D eigenvalue weighted by molar-refractivity contribution is 5.22. The first kappa shape index (κ1) is 16.1. The summed E-state index contributed by atoms with van der Waals surface area (Å²) in [4.78, 5) is 2.19. The Morgan fingerprint density at radius 3 is 2.42 bits per heavy atom. The maximum atomic E-state index is 14.0. The zero-order valence-corrected chi connectivity index (χ0v) is 12.6. The minimum Gasteiger partial charge on any atom is -0.326 e.